The van der Waals surface area contributed by atoms with Crippen LogP contribution in [0.2, 0.25) is 0 Å². The summed E-state index contributed by atoms with van der Waals surface area (Å²) in [6, 6.07) is 3.86. The lowest BCUT2D eigenvalue weighted by Gasteiger charge is -2.24. The number of amides is 2. The quantitative estimate of drug-likeness (QED) is 0.863. The van der Waals surface area contributed by atoms with Crippen molar-refractivity contribution in [2.45, 2.75) is 38.0 Å². The topological polar surface area (TPSA) is 77.9 Å². The number of rotatable bonds is 4. The molecule has 2 aliphatic heterocycles. The van der Waals surface area contributed by atoms with Crippen LogP contribution in [0.4, 0.5) is 13.2 Å². The molecule has 1 aromatic carbocycles. The molecule has 1 aromatic rings. The van der Waals surface area contributed by atoms with Crippen LogP contribution < -0.4 is 0 Å². The molecule has 1 unspecified atom stereocenters. The summed E-state index contributed by atoms with van der Waals surface area (Å²) in [6.45, 7) is 0.403. The van der Waals surface area contributed by atoms with Crippen LogP contribution >= 0.6 is 0 Å². The van der Waals surface area contributed by atoms with Crippen LogP contribution in [0.5, 0.6) is 0 Å². The Morgan fingerprint density at radius 3 is 2.67 bits per heavy atom. The SMILES string of the molecule is O=C(O)[C@H]1CCCN1C(=O)C1CC(=O)N(Cc2cccc(C(F)(F)F)c2)C1. The highest BCUT2D eigenvalue weighted by Crippen LogP contribution is 2.31. The molecule has 0 saturated carbocycles. The molecule has 2 atom stereocenters. The minimum absolute atomic E-state index is 0.0190. The van der Waals surface area contributed by atoms with Crippen LogP contribution in [0.1, 0.15) is 30.4 Å². The lowest BCUT2D eigenvalue weighted by atomic mass is 10.1. The fraction of sp³-hybridized carbons (Fsp3) is 0.500. The van der Waals surface area contributed by atoms with Gasteiger partial charge >= 0.3 is 12.1 Å². The highest BCUT2D eigenvalue weighted by molar-refractivity contribution is 5.91. The molecule has 0 radical (unpaired) electrons. The summed E-state index contributed by atoms with van der Waals surface area (Å²) >= 11 is 0. The van der Waals surface area contributed by atoms with E-state index < -0.39 is 29.7 Å². The summed E-state index contributed by atoms with van der Waals surface area (Å²) < 4.78 is 38.5. The van der Waals surface area contributed by atoms with Gasteiger partial charge in [-0.05, 0) is 30.5 Å². The van der Waals surface area contributed by atoms with Crippen LogP contribution in [-0.4, -0.2) is 51.8 Å². The van der Waals surface area contributed by atoms with Gasteiger partial charge < -0.3 is 14.9 Å². The number of benzene rings is 1. The summed E-state index contributed by atoms with van der Waals surface area (Å²) in [5.74, 6) is -2.43. The first kappa shape index (κ1) is 19.2. The van der Waals surface area contributed by atoms with Crippen molar-refractivity contribution in [2.75, 3.05) is 13.1 Å². The summed E-state index contributed by atoms with van der Waals surface area (Å²) in [5.41, 5.74) is -0.462. The number of aliphatic carboxylic acids is 1. The van der Waals surface area contributed by atoms with E-state index in [1.165, 1.54) is 21.9 Å². The minimum atomic E-state index is -4.47. The van der Waals surface area contributed by atoms with Gasteiger partial charge in [0, 0.05) is 26.1 Å². The lowest BCUT2D eigenvalue weighted by molar-refractivity contribution is -0.149. The van der Waals surface area contributed by atoms with Crippen molar-refractivity contribution < 1.29 is 32.7 Å². The smallest absolute Gasteiger partial charge is 0.416 e. The number of hydrogen-bond acceptors (Lipinski definition) is 3. The first-order valence-electron chi connectivity index (χ1n) is 8.64. The standard InChI is InChI=1S/C18H19F3N2O4/c19-18(20,21)13-4-1-3-11(7-13)9-22-10-12(8-15(22)24)16(25)23-6-2-5-14(23)17(26)27/h1,3-4,7,12,14H,2,5-6,8-10H2,(H,26,27)/t12?,14-/m1/s1. The number of nitrogens with zero attached hydrogens (tertiary/aromatic N) is 2. The molecule has 6 nitrogen and oxygen atoms in total. The van der Waals surface area contributed by atoms with Gasteiger partial charge in [-0.2, -0.15) is 13.2 Å². The maximum absolute atomic E-state index is 12.8. The maximum atomic E-state index is 12.8. The minimum Gasteiger partial charge on any atom is -0.480 e. The first-order valence-corrected chi connectivity index (χ1v) is 8.64. The maximum Gasteiger partial charge on any atom is 0.416 e. The highest BCUT2D eigenvalue weighted by Gasteiger charge is 2.41. The van der Waals surface area contributed by atoms with Crippen LogP contribution in [0.15, 0.2) is 24.3 Å². The van der Waals surface area contributed by atoms with Gasteiger partial charge in [0.1, 0.15) is 6.04 Å². The van der Waals surface area contributed by atoms with Crippen molar-refractivity contribution >= 4 is 17.8 Å². The van der Waals surface area contributed by atoms with E-state index in [1.807, 2.05) is 0 Å². The van der Waals surface area contributed by atoms with E-state index in [0.717, 1.165) is 12.1 Å². The molecule has 2 heterocycles. The van der Waals surface area contributed by atoms with Gasteiger partial charge in [-0.1, -0.05) is 12.1 Å². The molecule has 0 aromatic heterocycles. The van der Waals surface area contributed by atoms with Crippen LogP contribution in [0.3, 0.4) is 0 Å². The van der Waals surface area contributed by atoms with Crippen LogP contribution in [0.25, 0.3) is 0 Å². The summed E-state index contributed by atoms with van der Waals surface area (Å²) in [7, 11) is 0. The molecule has 0 aliphatic carbocycles. The zero-order valence-electron chi connectivity index (χ0n) is 14.4. The molecule has 3 rings (SSSR count). The summed E-state index contributed by atoms with van der Waals surface area (Å²) in [4.78, 5) is 38.8. The predicted molar refractivity (Wildman–Crippen MR) is 87.3 cm³/mol. The second-order valence-electron chi connectivity index (χ2n) is 6.90. The van der Waals surface area contributed by atoms with Crippen LogP contribution in [0, 0.1) is 5.92 Å². The largest absolute Gasteiger partial charge is 0.480 e. The molecular weight excluding hydrogens is 365 g/mol. The fourth-order valence-corrected chi connectivity index (χ4v) is 3.68. The van der Waals surface area contributed by atoms with E-state index in [1.54, 1.807) is 0 Å². The Bertz CT molecular complexity index is 765. The second kappa shape index (κ2) is 7.21. The number of carbonyl (C=O) groups is 3. The number of halogens is 3. The number of alkyl halides is 3. The average molecular weight is 384 g/mol. The molecular formula is C18H19F3N2O4. The Morgan fingerprint density at radius 1 is 1.26 bits per heavy atom. The number of carbonyl (C=O) groups excluding carboxylic acids is 2. The number of carboxylic acid groups (broad SMARTS) is 1. The van der Waals surface area contributed by atoms with Crippen molar-refractivity contribution in [3.8, 4) is 0 Å². The van der Waals surface area contributed by atoms with Gasteiger partial charge in [0.15, 0.2) is 0 Å². The van der Waals surface area contributed by atoms with Crippen molar-refractivity contribution in [1.29, 1.82) is 0 Å². The van der Waals surface area contributed by atoms with E-state index in [-0.39, 0.29) is 31.3 Å². The number of hydrogen-bond donors (Lipinski definition) is 1. The van der Waals surface area contributed by atoms with Gasteiger partial charge in [0.2, 0.25) is 11.8 Å². The zero-order valence-corrected chi connectivity index (χ0v) is 14.4. The summed E-state index contributed by atoms with van der Waals surface area (Å²) in [5, 5.41) is 9.20. The Hall–Kier alpha value is -2.58. The third-order valence-corrected chi connectivity index (χ3v) is 5.01. The fourth-order valence-electron chi connectivity index (χ4n) is 3.68. The Morgan fingerprint density at radius 2 is 2.00 bits per heavy atom. The lowest BCUT2D eigenvalue weighted by Crippen LogP contribution is -2.44. The molecule has 2 saturated heterocycles. The van der Waals surface area contributed by atoms with E-state index in [0.29, 0.717) is 24.9 Å². The molecule has 2 aliphatic rings. The van der Waals surface area contributed by atoms with Gasteiger partial charge in [-0.25, -0.2) is 4.79 Å². The Kier molecular flexibility index (Phi) is 5.12. The molecule has 2 amide bonds. The van der Waals surface area contributed by atoms with Gasteiger partial charge in [0.05, 0.1) is 11.5 Å². The van der Waals surface area contributed by atoms with Crippen molar-refractivity contribution in [2.24, 2.45) is 5.92 Å². The van der Waals surface area contributed by atoms with Gasteiger partial charge in [0.25, 0.3) is 0 Å². The molecule has 0 bridgehead atoms. The van der Waals surface area contributed by atoms with E-state index >= 15 is 0 Å². The highest BCUT2D eigenvalue weighted by atomic mass is 19.4. The average Bonchev–Trinajstić information content (AvgIpc) is 3.21. The molecule has 146 valence electrons. The van der Waals surface area contributed by atoms with Gasteiger partial charge in [-0.15, -0.1) is 0 Å². The first-order chi connectivity index (χ1) is 12.7. The molecule has 9 heteroatoms. The third-order valence-electron chi connectivity index (χ3n) is 5.01. The van der Waals surface area contributed by atoms with Crippen molar-refractivity contribution in [3.63, 3.8) is 0 Å². The van der Waals surface area contributed by atoms with Crippen molar-refractivity contribution in [1.82, 2.24) is 9.80 Å². The number of carboxylic acids is 1. The van der Waals surface area contributed by atoms with Crippen LogP contribution in [-0.2, 0) is 27.1 Å². The van der Waals surface area contributed by atoms with Gasteiger partial charge in [-0.3, -0.25) is 9.59 Å². The van der Waals surface area contributed by atoms with E-state index in [9.17, 15) is 32.7 Å². The van der Waals surface area contributed by atoms with E-state index in [2.05, 4.69) is 0 Å². The van der Waals surface area contributed by atoms with Crippen molar-refractivity contribution in [3.05, 3.63) is 35.4 Å². The normalized spacial score (nSPS) is 23.1. The molecule has 1 N–H and O–H groups in total. The second-order valence-corrected chi connectivity index (χ2v) is 6.90. The number of likely N-dealkylation sites (tertiary alicyclic amines) is 2. The Labute approximate surface area is 153 Å². The predicted octanol–water partition coefficient (Wildman–Crippen LogP) is 2.13. The Balaban J connectivity index is 1.67. The molecule has 27 heavy (non-hydrogen) atoms. The van der Waals surface area contributed by atoms with E-state index in [4.69, 9.17) is 0 Å². The monoisotopic (exact) mass is 384 g/mol. The molecule has 2 fully saturated rings. The molecule has 0 spiro atoms. The zero-order chi connectivity index (χ0) is 19.8. The third kappa shape index (κ3) is 4.06. The summed E-state index contributed by atoms with van der Waals surface area (Å²) in [6.07, 6.45) is -3.54.